The minimum absolute atomic E-state index is 0.244. The van der Waals surface area contributed by atoms with Crippen molar-refractivity contribution >= 4 is 11.3 Å². The minimum Gasteiger partial charge on any atom is -0.320 e. The Morgan fingerprint density at radius 3 is 2.62 bits per heavy atom. The van der Waals surface area contributed by atoms with Crippen LogP contribution in [0.25, 0.3) is 0 Å². The second kappa shape index (κ2) is 3.72. The molecule has 74 valence electrons. The predicted octanol–water partition coefficient (Wildman–Crippen LogP) is 2.58. The van der Waals surface area contributed by atoms with Gasteiger partial charge in [-0.2, -0.15) is 0 Å². The topological polar surface area (TPSA) is 26.0 Å². The third-order valence-corrected chi connectivity index (χ3v) is 3.03. The first-order chi connectivity index (χ1) is 5.93. The van der Waals surface area contributed by atoms with Crippen LogP contribution >= 0.6 is 11.3 Å². The number of halogens is 2. The van der Waals surface area contributed by atoms with Crippen molar-refractivity contribution in [3.63, 3.8) is 0 Å². The number of rotatable bonds is 3. The molecule has 1 atom stereocenters. The highest BCUT2D eigenvalue weighted by Gasteiger charge is 2.31. The van der Waals surface area contributed by atoms with Gasteiger partial charge in [0.2, 0.25) is 0 Å². The molecule has 0 aliphatic carbocycles. The van der Waals surface area contributed by atoms with Crippen LogP contribution in [-0.4, -0.2) is 12.0 Å². The van der Waals surface area contributed by atoms with E-state index in [9.17, 15) is 8.78 Å². The summed E-state index contributed by atoms with van der Waals surface area (Å²) < 4.78 is 24.8. The fourth-order valence-corrected chi connectivity index (χ4v) is 2.09. The van der Waals surface area contributed by atoms with Crippen molar-refractivity contribution in [1.29, 1.82) is 0 Å². The fraction of sp³-hybridized carbons (Fsp3) is 0.556. The maximum atomic E-state index is 12.4. The van der Waals surface area contributed by atoms with Gasteiger partial charge in [0.15, 0.2) is 0 Å². The average molecular weight is 205 g/mol. The first-order valence-electron chi connectivity index (χ1n) is 4.03. The highest BCUT2D eigenvalue weighted by molar-refractivity contribution is 7.10. The van der Waals surface area contributed by atoms with Gasteiger partial charge in [0.25, 0.3) is 6.43 Å². The van der Waals surface area contributed by atoms with Crippen LogP contribution in [0, 0.1) is 6.92 Å². The number of nitrogens with two attached hydrogens (primary N) is 1. The van der Waals surface area contributed by atoms with Gasteiger partial charge in [-0.05, 0) is 30.9 Å². The van der Waals surface area contributed by atoms with Gasteiger partial charge in [-0.25, -0.2) is 8.78 Å². The molecule has 2 N–H and O–H groups in total. The molecule has 1 heterocycles. The number of thiophene rings is 1. The number of hydrogen-bond acceptors (Lipinski definition) is 2. The molecule has 0 fully saturated rings. The Morgan fingerprint density at radius 1 is 1.62 bits per heavy atom. The molecule has 1 rings (SSSR count). The van der Waals surface area contributed by atoms with E-state index < -0.39 is 12.0 Å². The molecule has 0 radical (unpaired) electrons. The summed E-state index contributed by atoms with van der Waals surface area (Å²) in [4.78, 5) is 0.949. The third-order valence-electron chi connectivity index (χ3n) is 2.01. The van der Waals surface area contributed by atoms with Crippen LogP contribution in [0.5, 0.6) is 0 Å². The molecule has 0 saturated carbocycles. The van der Waals surface area contributed by atoms with Gasteiger partial charge in [-0.1, -0.05) is 0 Å². The molecule has 4 heteroatoms. The van der Waals surface area contributed by atoms with Crippen molar-refractivity contribution in [2.75, 3.05) is 0 Å². The summed E-state index contributed by atoms with van der Waals surface area (Å²) in [5.74, 6) is 0. The Morgan fingerprint density at radius 2 is 2.23 bits per heavy atom. The lowest BCUT2D eigenvalue weighted by Gasteiger charge is -2.22. The second-order valence-corrected chi connectivity index (χ2v) is 4.51. The van der Waals surface area contributed by atoms with E-state index in [4.69, 9.17) is 5.73 Å². The molecule has 0 spiro atoms. The van der Waals surface area contributed by atoms with E-state index in [2.05, 4.69) is 0 Å². The van der Waals surface area contributed by atoms with Gasteiger partial charge in [0, 0.05) is 11.3 Å². The quantitative estimate of drug-likeness (QED) is 0.806. The van der Waals surface area contributed by atoms with Gasteiger partial charge in [-0.3, -0.25) is 0 Å². The van der Waals surface area contributed by atoms with Gasteiger partial charge in [0.1, 0.15) is 0 Å². The van der Waals surface area contributed by atoms with Crippen molar-refractivity contribution in [2.24, 2.45) is 5.73 Å². The first-order valence-corrected chi connectivity index (χ1v) is 4.91. The molecule has 1 aromatic rings. The molecule has 13 heavy (non-hydrogen) atoms. The van der Waals surface area contributed by atoms with Gasteiger partial charge in [-0.15, -0.1) is 11.3 Å². The van der Waals surface area contributed by atoms with E-state index >= 15 is 0 Å². The fourth-order valence-electron chi connectivity index (χ4n) is 1.01. The summed E-state index contributed by atoms with van der Waals surface area (Å²) in [6.07, 6.45) is -2.23. The van der Waals surface area contributed by atoms with Crippen LogP contribution in [-0.2, 0) is 6.42 Å². The van der Waals surface area contributed by atoms with E-state index in [1.54, 1.807) is 0 Å². The zero-order valence-corrected chi connectivity index (χ0v) is 8.50. The molecule has 0 saturated heterocycles. The molecule has 0 amide bonds. The number of alkyl halides is 2. The standard InChI is InChI=1S/C9H13F2NS/c1-6-3-4-13-7(6)5-9(2,12)8(10)11/h3-4,8H,5,12H2,1-2H3. The van der Waals surface area contributed by atoms with Crippen molar-refractivity contribution < 1.29 is 8.78 Å². The molecular weight excluding hydrogens is 192 g/mol. The maximum absolute atomic E-state index is 12.4. The molecule has 0 aliphatic heterocycles. The molecule has 0 bridgehead atoms. The highest BCUT2D eigenvalue weighted by atomic mass is 32.1. The van der Waals surface area contributed by atoms with E-state index in [0.29, 0.717) is 0 Å². The van der Waals surface area contributed by atoms with Gasteiger partial charge < -0.3 is 5.73 Å². The van der Waals surface area contributed by atoms with Crippen molar-refractivity contribution in [1.82, 2.24) is 0 Å². The lowest BCUT2D eigenvalue weighted by molar-refractivity contribution is 0.0643. The molecule has 1 nitrogen and oxygen atoms in total. The monoisotopic (exact) mass is 205 g/mol. The lowest BCUT2D eigenvalue weighted by atomic mass is 9.98. The van der Waals surface area contributed by atoms with Crippen molar-refractivity contribution in [3.05, 3.63) is 21.9 Å². The lowest BCUT2D eigenvalue weighted by Crippen LogP contribution is -2.45. The third kappa shape index (κ3) is 2.48. The minimum atomic E-state index is -2.48. The molecule has 0 aliphatic rings. The SMILES string of the molecule is Cc1ccsc1CC(C)(N)C(F)F. The smallest absolute Gasteiger partial charge is 0.256 e. The molecule has 0 aromatic carbocycles. The summed E-state index contributed by atoms with van der Waals surface area (Å²) in [7, 11) is 0. The number of aryl methyl sites for hydroxylation is 1. The first kappa shape index (κ1) is 10.6. The number of hydrogen-bond donors (Lipinski definition) is 1. The van der Waals surface area contributed by atoms with Crippen LogP contribution in [0.2, 0.25) is 0 Å². The van der Waals surface area contributed by atoms with Crippen molar-refractivity contribution in [3.8, 4) is 0 Å². The van der Waals surface area contributed by atoms with Crippen LogP contribution in [0.3, 0.4) is 0 Å². The summed E-state index contributed by atoms with van der Waals surface area (Å²) >= 11 is 1.48. The van der Waals surface area contributed by atoms with E-state index in [0.717, 1.165) is 10.4 Å². The van der Waals surface area contributed by atoms with Crippen molar-refractivity contribution in [2.45, 2.75) is 32.2 Å². The Hall–Kier alpha value is -0.480. The van der Waals surface area contributed by atoms with Crippen LogP contribution < -0.4 is 5.73 Å². The van der Waals surface area contributed by atoms with Crippen LogP contribution in [0.4, 0.5) is 8.78 Å². The summed E-state index contributed by atoms with van der Waals surface area (Å²) in [5, 5.41) is 1.90. The van der Waals surface area contributed by atoms with Gasteiger partial charge in [0.05, 0.1) is 5.54 Å². The molecule has 1 aromatic heterocycles. The molecule has 1 unspecified atom stereocenters. The summed E-state index contributed by atoms with van der Waals surface area (Å²) in [6.45, 7) is 3.30. The Balaban J connectivity index is 2.74. The zero-order chi connectivity index (χ0) is 10.1. The van der Waals surface area contributed by atoms with Crippen LogP contribution in [0.1, 0.15) is 17.4 Å². The largest absolute Gasteiger partial charge is 0.320 e. The van der Waals surface area contributed by atoms with E-state index in [1.165, 1.54) is 18.3 Å². The Kier molecular flexibility index (Phi) is 3.03. The van der Waals surface area contributed by atoms with E-state index in [-0.39, 0.29) is 6.42 Å². The summed E-state index contributed by atoms with van der Waals surface area (Å²) in [5.41, 5.74) is 5.11. The molecular formula is C9H13F2NS. The Bertz CT molecular complexity index is 281. The van der Waals surface area contributed by atoms with E-state index in [1.807, 2.05) is 18.4 Å². The highest BCUT2D eigenvalue weighted by Crippen LogP contribution is 2.24. The predicted molar refractivity (Wildman–Crippen MR) is 51.4 cm³/mol. The Labute approximate surface area is 80.6 Å². The van der Waals surface area contributed by atoms with Crippen LogP contribution in [0.15, 0.2) is 11.4 Å². The average Bonchev–Trinajstić information content (AvgIpc) is 2.35. The maximum Gasteiger partial charge on any atom is 0.256 e. The summed E-state index contributed by atoms with van der Waals surface area (Å²) in [6, 6.07) is 1.92. The second-order valence-electron chi connectivity index (χ2n) is 3.51. The normalized spacial score (nSPS) is 16.2. The zero-order valence-electron chi connectivity index (χ0n) is 7.68. The van der Waals surface area contributed by atoms with Gasteiger partial charge >= 0.3 is 0 Å².